The van der Waals surface area contributed by atoms with Crippen LogP contribution in [0.5, 0.6) is 0 Å². The number of aliphatic imine (C=N–C) groups is 2. The first-order chi connectivity index (χ1) is 25.3. The van der Waals surface area contributed by atoms with E-state index in [1.807, 2.05) is 0 Å². The first kappa shape index (κ1) is 34.9. The van der Waals surface area contributed by atoms with E-state index in [4.69, 9.17) is 21.6 Å². The molecule has 0 fully saturated rings. The van der Waals surface area contributed by atoms with Crippen molar-refractivity contribution in [2.24, 2.45) is 9.98 Å². The van der Waals surface area contributed by atoms with E-state index >= 15 is 0 Å². The van der Waals surface area contributed by atoms with Gasteiger partial charge >= 0.3 is 0 Å². The van der Waals surface area contributed by atoms with Gasteiger partial charge in [-0.3, -0.25) is 0 Å². The Hall–Kier alpha value is -5.17. The Kier molecular flexibility index (Phi) is 9.00. The molecule has 0 aliphatic heterocycles. The van der Waals surface area contributed by atoms with Crippen LogP contribution in [0.25, 0.3) is 54.6 Å². The number of nitrogens with zero attached hydrogens (tertiary/aromatic N) is 2. The maximum absolute atomic E-state index is 7.02. The Balaban J connectivity index is 0.00000400. The van der Waals surface area contributed by atoms with Crippen molar-refractivity contribution in [1.29, 1.82) is 0 Å². The molecule has 0 amide bonds. The first-order valence-electron chi connectivity index (χ1n) is 17.9. The number of hydrogen-bond acceptors (Lipinski definition) is 2. The van der Waals surface area contributed by atoms with Crippen molar-refractivity contribution >= 4 is 66.7 Å². The largest absolute Gasteiger partial charge is 0.245 e. The molecule has 0 unspecified atom stereocenters. The topological polar surface area (TPSA) is 24.7 Å². The zero-order valence-corrected chi connectivity index (χ0v) is 32.6. The average Bonchev–Trinajstić information content (AvgIpc) is 3.45. The van der Waals surface area contributed by atoms with Crippen LogP contribution in [-0.2, 0) is 20.4 Å². The molecule has 0 heterocycles. The van der Waals surface area contributed by atoms with Gasteiger partial charge in [0.15, 0.2) is 0 Å². The van der Waals surface area contributed by atoms with Gasteiger partial charge in [0.25, 0.3) is 0 Å². The first-order valence-corrected chi connectivity index (χ1v) is 18.2. The Morgan fingerprint density at radius 2 is 0.887 bits per heavy atom. The third kappa shape index (κ3) is 5.85. The molecule has 260 valence electrons. The van der Waals surface area contributed by atoms with Crippen LogP contribution >= 0.6 is 11.6 Å². The number of benzene rings is 8. The average molecular weight is 796 g/mol. The van der Waals surface area contributed by atoms with Crippen LogP contribution in [0, 0.1) is 34.6 Å². The van der Waals surface area contributed by atoms with Gasteiger partial charge in [0, 0.05) is 53.1 Å². The maximum Gasteiger partial charge on any atom is 0.0982 e. The van der Waals surface area contributed by atoms with Gasteiger partial charge in [0.1, 0.15) is 0 Å². The Morgan fingerprint density at radius 3 is 1.43 bits per heavy atom. The van der Waals surface area contributed by atoms with Crippen LogP contribution in [0.1, 0.15) is 38.9 Å². The SMILES string of the molecule is Cc1cc(C)c(N=C2C(=Nc3c(C)cc(C)cc3-c3cccc4ccccc34)c3c(C)c(Cl)cc4cccc2c34)c(-c2cccc3ccccc23)c1.[Pd]. The van der Waals surface area contributed by atoms with E-state index in [-0.39, 0.29) is 20.4 Å². The fraction of sp³-hybridized carbons (Fsp3) is 0.102. The fourth-order valence-corrected chi connectivity index (χ4v) is 8.47. The molecule has 4 heteroatoms. The van der Waals surface area contributed by atoms with Gasteiger partial charge in [-0.15, -0.1) is 0 Å². The second-order valence-corrected chi connectivity index (χ2v) is 14.6. The smallest absolute Gasteiger partial charge is 0.0982 e. The van der Waals surface area contributed by atoms with Gasteiger partial charge in [-0.05, 0) is 108 Å². The molecule has 8 aromatic carbocycles. The van der Waals surface area contributed by atoms with E-state index in [1.54, 1.807) is 0 Å². The summed E-state index contributed by atoms with van der Waals surface area (Å²) in [6, 6.07) is 47.8. The molecule has 53 heavy (non-hydrogen) atoms. The Bertz CT molecular complexity index is 2850. The minimum Gasteiger partial charge on any atom is -0.245 e. The van der Waals surface area contributed by atoms with E-state index in [0.717, 1.165) is 77.5 Å². The third-order valence-corrected chi connectivity index (χ3v) is 11.0. The number of rotatable bonds is 4. The summed E-state index contributed by atoms with van der Waals surface area (Å²) in [5.74, 6) is 0. The predicted octanol–water partition coefficient (Wildman–Crippen LogP) is 13.9. The number of hydrogen-bond donors (Lipinski definition) is 0. The molecule has 0 saturated heterocycles. The van der Waals surface area contributed by atoms with Crippen molar-refractivity contribution in [1.82, 2.24) is 0 Å². The van der Waals surface area contributed by atoms with Crippen LogP contribution in [0.3, 0.4) is 0 Å². The van der Waals surface area contributed by atoms with Crippen molar-refractivity contribution in [3.05, 3.63) is 177 Å². The van der Waals surface area contributed by atoms with Gasteiger partial charge in [-0.25, -0.2) is 9.98 Å². The summed E-state index contributed by atoms with van der Waals surface area (Å²) in [6.07, 6.45) is 0. The summed E-state index contributed by atoms with van der Waals surface area (Å²) in [4.78, 5) is 11.4. The standard InChI is InChI=1S/C49H37ClN2.Pd/c1-28-23-30(3)46(41(25-28)38-20-10-15-33-13-6-8-18-36(33)38)51-48-40-22-12-17-35-27-43(50)32(5)44(45(35)40)49(48)52-47-31(4)24-29(2)26-42(47)39-21-11-16-34-14-7-9-19-37(34)39;/h6-27H,1-5H3;. The van der Waals surface area contributed by atoms with Gasteiger partial charge in [0.05, 0.1) is 22.8 Å². The molecule has 0 N–H and O–H groups in total. The van der Waals surface area contributed by atoms with Crippen molar-refractivity contribution in [3.63, 3.8) is 0 Å². The van der Waals surface area contributed by atoms with Crippen LogP contribution in [0.15, 0.2) is 143 Å². The molecular weight excluding hydrogens is 758 g/mol. The summed E-state index contributed by atoms with van der Waals surface area (Å²) in [6.45, 7) is 10.8. The van der Waals surface area contributed by atoms with Gasteiger partial charge in [-0.2, -0.15) is 0 Å². The molecule has 0 radical (unpaired) electrons. The molecule has 1 aliphatic carbocycles. The second-order valence-electron chi connectivity index (χ2n) is 14.2. The second kappa shape index (κ2) is 13.7. The number of aryl methyl sites for hydroxylation is 4. The molecular formula is C49H37ClN2Pd. The zero-order chi connectivity index (χ0) is 35.7. The molecule has 8 aromatic rings. The molecule has 2 nitrogen and oxygen atoms in total. The summed E-state index contributed by atoms with van der Waals surface area (Å²) in [5.41, 5.74) is 15.9. The maximum atomic E-state index is 7.02. The van der Waals surface area contributed by atoms with Crippen molar-refractivity contribution in [2.75, 3.05) is 0 Å². The number of fused-ring (bicyclic) bond motifs is 2. The van der Waals surface area contributed by atoms with Crippen LogP contribution < -0.4 is 0 Å². The Morgan fingerprint density at radius 1 is 0.434 bits per heavy atom. The third-order valence-electron chi connectivity index (χ3n) is 10.6. The van der Waals surface area contributed by atoms with E-state index in [9.17, 15) is 0 Å². The quantitative estimate of drug-likeness (QED) is 0.159. The van der Waals surface area contributed by atoms with Crippen molar-refractivity contribution in [3.8, 4) is 22.3 Å². The molecule has 0 bridgehead atoms. The minimum atomic E-state index is 0. The molecule has 0 aromatic heterocycles. The molecule has 9 rings (SSSR count). The predicted molar refractivity (Wildman–Crippen MR) is 224 cm³/mol. The van der Waals surface area contributed by atoms with E-state index in [2.05, 4.69) is 168 Å². The monoisotopic (exact) mass is 794 g/mol. The summed E-state index contributed by atoms with van der Waals surface area (Å²) >= 11 is 7.02. The zero-order valence-electron chi connectivity index (χ0n) is 30.3. The minimum absolute atomic E-state index is 0. The van der Waals surface area contributed by atoms with Crippen LogP contribution in [0.2, 0.25) is 5.02 Å². The van der Waals surface area contributed by atoms with Crippen molar-refractivity contribution in [2.45, 2.75) is 34.6 Å². The molecule has 0 atom stereocenters. The molecule has 0 spiro atoms. The summed E-state index contributed by atoms with van der Waals surface area (Å²) < 4.78 is 0. The van der Waals surface area contributed by atoms with E-state index in [1.165, 1.54) is 43.8 Å². The fourth-order valence-electron chi connectivity index (χ4n) is 8.25. The summed E-state index contributed by atoms with van der Waals surface area (Å²) in [5, 5.41) is 7.79. The molecule has 1 aliphatic rings. The summed E-state index contributed by atoms with van der Waals surface area (Å²) in [7, 11) is 0. The van der Waals surface area contributed by atoms with Crippen molar-refractivity contribution < 1.29 is 20.4 Å². The molecule has 0 saturated carbocycles. The van der Waals surface area contributed by atoms with Gasteiger partial charge < -0.3 is 0 Å². The van der Waals surface area contributed by atoms with Crippen LogP contribution in [-0.4, -0.2) is 11.4 Å². The van der Waals surface area contributed by atoms with Gasteiger partial charge in [-0.1, -0.05) is 138 Å². The normalized spacial score (nSPS) is 13.8. The van der Waals surface area contributed by atoms with E-state index in [0.29, 0.717) is 0 Å². The van der Waals surface area contributed by atoms with E-state index < -0.39 is 0 Å². The number of halogens is 1. The Labute approximate surface area is 329 Å². The van der Waals surface area contributed by atoms with Gasteiger partial charge in [0.2, 0.25) is 0 Å². The van der Waals surface area contributed by atoms with Crippen LogP contribution in [0.4, 0.5) is 11.4 Å².